The average molecular weight is 261 g/mol. The highest BCUT2D eigenvalue weighted by Crippen LogP contribution is 2.59. The van der Waals surface area contributed by atoms with Gasteiger partial charge in [-0.1, -0.05) is 0 Å². The Morgan fingerprint density at radius 3 is 2.42 bits per heavy atom. The molecule has 19 heavy (non-hydrogen) atoms. The van der Waals surface area contributed by atoms with Crippen LogP contribution in [0.25, 0.3) is 0 Å². The lowest BCUT2D eigenvalue weighted by molar-refractivity contribution is -0.137. The Kier molecular flexibility index (Phi) is 2.44. The summed E-state index contributed by atoms with van der Waals surface area (Å²) < 4.78 is 1.75. The van der Waals surface area contributed by atoms with E-state index in [1.54, 1.807) is 10.9 Å². The second-order valence-corrected chi connectivity index (χ2v) is 6.67. The molecule has 4 aliphatic carbocycles. The van der Waals surface area contributed by atoms with E-state index in [-0.39, 0.29) is 6.54 Å². The van der Waals surface area contributed by atoms with Crippen LogP contribution in [0, 0.1) is 23.7 Å². The summed E-state index contributed by atoms with van der Waals surface area (Å²) >= 11 is 0. The van der Waals surface area contributed by atoms with Crippen molar-refractivity contribution in [3.8, 4) is 0 Å². The Morgan fingerprint density at radius 1 is 1.21 bits per heavy atom. The van der Waals surface area contributed by atoms with Gasteiger partial charge in [-0.15, -0.1) is 10.2 Å². The molecule has 0 radical (unpaired) electrons. The molecule has 5 heteroatoms. The fourth-order valence-corrected chi connectivity index (χ4v) is 5.14. The van der Waals surface area contributed by atoms with Crippen LogP contribution >= 0.6 is 0 Å². The first-order valence-electron chi connectivity index (χ1n) is 7.30. The van der Waals surface area contributed by atoms with E-state index in [0.29, 0.717) is 17.8 Å². The molecule has 4 bridgehead atoms. The van der Waals surface area contributed by atoms with Gasteiger partial charge in [0.05, 0.1) is 0 Å². The normalized spacial score (nSPS) is 39.7. The van der Waals surface area contributed by atoms with E-state index in [9.17, 15) is 4.79 Å². The van der Waals surface area contributed by atoms with E-state index in [2.05, 4.69) is 10.2 Å². The minimum atomic E-state index is -0.815. The van der Waals surface area contributed by atoms with Crippen molar-refractivity contribution in [3.63, 3.8) is 0 Å². The van der Waals surface area contributed by atoms with E-state index in [0.717, 1.165) is 17.7 Å². The van der Waals surface area contributed by atoms with Crippen molar-refractivity contribution in [2.75, 3.05) is 0 Å². The third kappa shape index (κ3) is 1.78. The highest BCUT2D eigenvalue weighted by molar-refractivity contribution is 5.66. The predicted molar refractivity (Wildman–Crippen MR) is 67.4 cm³/mol. The smallest absolute Gasteiger partial charge is 0.323 e. The topological polar surface area (TPSA) is 68.0 Å². The molecular formula is C14H19N3O2. The molecule has 1 heterocycles. The van der Waals surface area contributed by atoms with Crippen LogP contribution in [0.4, 0.5) is 0 Å². The van der Waals surface area contributed by atoms with Crippen LogP contribution < -0.4 is 0 Å². The molecule has 0 saturated heterocycles. The molecule has 102 valence electrons. The van der Waals surface area contributed by atoms with Crippen molar-refractivity contribution in [2.45, 2.75) is 44.6 Å². The van der Waals surface area contributed by atoms with Crippen LogP contribution in [-0.2, 0) is 11.3 Å². The third-order valence-corrected chi connectivity index (χ3v) is 5.48. The molecule has 1 aromatic heterocycles. The number of nitrogens with zero attached hydrogens (tertiary/aromatic N) is 3. The van der Waals surface area contributed by atoms with Crippen LogP contribution in [0.15, 0.2) is 6.33 Å². The van der Waals surface area contributed by atoms with Crippen molar-refractivity contribution in [1.29, 1.82) is 0 Å². The number of carbonyl (C=O) groups is 1. The zero-order valence-electron chi connectivity index (χ0n) is 10.9. The van der Waals surface area contributed by atoms with Gasteiger partial charge < -0.3 is 9.67 Å². The molecule has 1 N–H and O–H groups in total. The highest BCUT2D eigenvalue weighted by atomic mass is 16.4. The van der Waals surface area contributed by atoms with Crippen molar-refractivity contribution in [1.82, 2.24) is 14.8 Å². The Labute approximate surface area is 112 Å². The van der Waals surface area contributed by atoms with Gasteiger partial charge in [0, 0.05) is 5.92 Å². The summed E-state index contributed by atoms with van der Waals surface area (Å²) in [5.41, 5.74) is 0. The molecule has 5 rings (SSSR count). The molecule has 0 aliphatic heterocycles. The number of aromatic nitrogens is 3. The summed E-state index contributed by atoms with van der Waals surface area (Å²) in [6.07, 6.45) is 8.28. The quantitative estimate of drug-likeness (QED) is 0.902. The van der Waals surface area contributed by atoms with Crippen LogP contribution in [-0.4, -0.2) is 25.8 Å². The summed E-state index contributed by atoms with van der Waals surface area (Å²) in [7, 11) is 0. The third-order valence-electron chi connectivity index (χ3n) is 5.48. The lowest BCUT2D eigenvalue weighted by Crippen LogP contribution is -2.44. The summed E-state index contributed by atoms with van der Waals surface area (Å²) in [5.74, 6) is 3.85. The molecule has 1 aromatic rings. The van der Waals surface area contributed by atoms with Crippen molar-refractivity contribution in [3.05, 3.63) is 12.2 Å². The summed E-state index contributed by atoms with van der Waals surface area (Å²) in [6, 6.07) is 0. The molecule has 4 saturated carbocycles. The molecule has 0 spiro atoms. The number of carboxylic acid groups (broad SMARTS) is 1. The fourth-order valence-electron chi connectivity index (χ4n) is 5.14. The van der Waals surface area contributed by atoms with E-state index < -0.39 is 5.97 Å². The summed E-state index contributed by atoms with van der Waals surface area (Å²) in [4.78, 5) is 10.9. The zero-order chi connectivity index (χ0) is 13.0. The first-order chi connectivity index (χ1) is 9.20. The second-order valence-electron chi connectivity index (χ2n) is 6.67. The Hall–Kier alpha value is -1.39. The number of aliphatic carboxylic acids is 1. The number of hydrogen-bond donors (Lipinski definition) is 1. The van der Waals surface area contributed by atoms with Gasteiger partial charge in [-0.05, 0) is 55.8 Å². The van der Waals surface area contributed by atoms with Crippen LogP contribution in [0.3, 0.4) is 0 Å². The first kappa shape index (κ1) is 11.4. The minimum Gasteiger partial charge on any atom is -0.480 e. The lowest BCUT2D eigenvalue weighted by Gasteiger charge is -2.53. The van der Waals surface area contributed by atoms with Crippen molar-refractivity contribution >= 4 is 5.97 Å². The Bertz CT molecular complexity index is 483. The van der Waals surface area contributed by atoms with Gasteiger partial charge in [0.2, 0.25) is 0 Å². The monoisotopic (exact) mass is 261 g/mol. The lowest BCUT2D eigenvalue weighted by atomic mass is 9.51. The van der Waals surface area contributed by atoms with Gasteiger partial charge in [-0.2, -0.15) is 0 Å². The van der Waals surface area contributed by atoms with Gasteiger partial charge in [-0.25, -0.2) is 0 Å². The molecule has 0 amide bonds. The van der Waals surface area contributed by atoms with E-state index in [4.69, 9.17) is 5.11 Å². The SMILES string of the molecule is O=C(O)Cn1cnnc1C1C2CC3CC(C2)CC1C3. The summed E-state index contributed by atoms with van der Waals surface area (Å²) in [6.45, 7) is -0.00880. The molecule has 4 aliphatic rings. The number of carboxylic acids is 1. The molecule has 5 nitrogen and oxygen atoms in total. The van der Waals surface area contributed by atoms with Crippen LogP contribution in [0.1, 0.15) is 43.8 Å². The standard InChI is InChI=1S/C14H19N3O2/c18-12(19)6-17-7-15-16-14(17)13-10-2-8-1-9(4-10)5-11(13)3-8/h7-11,13H,1-6H2,(H,18,19). The average Bonchev–Trinajstić information content (AvgIpc) is 2.75. The first-order valence-corrected chi connectivity index (χ1v) is 7.30. The van der Waals surface area contributed by atoms with Gasteiger partial charge in [0.15, 0.2) is 0 Å². The second kappa shape index (κ2) is 4.05. The van der Waals surface area contributed by atoms with Gasteiger partial charge in [0.25, 0.3) is 0 Å². The maximum Gasteiger partial charge on any atom is 0.323 e. The van der Waals surface area contributed by atoms with Gasteiger partial charge in [0.1, 0.15) is 18.7 Å². The minimum absolute atomic E-state index is 0.00880. The van der Waals surface area contributed by atoms with Gasteiger partial charge in [-0.3, -0.25) is 4.79 Å². The molecular weight excluding hydrogens is 242 g/mol. The van der Waals surface area contributed by atoms with Gasteiger partial charge >= 0.3 is 5.97 Å². The predicted octanol–water partition coefficient (Wildman–Crippen LogP) is 1.90. The van der Waals surface area contributed by atoms with E-state index in [1.165, 1.54) is 32.1 Å². The number of rotatable bonds is 3. The molecule has 0 atom stereocenters. The largest absolute Gasteiger partial charge is 0.480 e. The Morgan fingerprint density at radius 2 is 1.84 bits per heavy atom. The van der Waals surface area contributed by atoms with Crippen molar-refractivity contribution < 1.29 is 9.90 Å². The van der Waals surface area contributed by atoms with E-state index >= 15 is 0 Å². The number of hydrogen-bond acceptors (Lipinski definition) is 3. The van der Waals surface area contributed by atoms with E-state index in [1.807, 2.05) is 0 Å². The maximum absolute atomic E-state index is 10.9. The highest BCUT2D eigenvalue weighted by Gasteiger charge is 2.50. The Balaban J connectivity index is 1.65. The fraction of sp³-hybridized carbons (Fsp3) is 0.786. The van der Waals surface area contributed by atoms with Crippen LogP contribution in [0.2, 0.25) is 0 Å². The zero-order valence-corrected chi connectivity index (χ0v) is 10.9. The molecule has 0 unspecified atom stereocenters. The molecule has 4 fully saturated rings. The van der Waals surface area contributed by atoms with Crippen LogP contribution in [0.5, 0.6) is 0 Å². The summed E-state index contributed by atoms with van der Waals surface area (Å²) in [5, 5.41) is 17.2. The van der Waals surface area contributed by atoms with Crippen molar-refractivity contribution in [2.24, 2.45) is 23.7 Å². The maximum atomic E-state index is 10.9. The molecule has 0 aromatic carbocycles.